The summed E-state index contributed by atoms with van der Waals surface area (Å²) in [5, 5.41) is 5.91. The van der Waals surface area contributed by atoms with Gasteiger partial charge in [0.25, 0.3) is 0 Å². The highest BCUT2D eigenvalue weighted by atomic mass is 16.6. The molecule has 1 aromatic carbocycles. The third-order valence-corrected chi connectivity index (χ3v) is 2.72. The van der Waals surface area contributed by atoms with E-state index in [0.717, 1.165) is 12.3 Å². The molecule has 0 aliphatic rings. The molecular weight excluding hydrogens is 282 g/mol. The number of carbonyl (C=O) groups excluding carboxylic acids is 1. The van der Waals surface area contributed by atoms with Gasteiger partial charge < -0.3 is 20.5 Å². The maximum Gasteiger partial charge on any atom is 0.412 e. The van der Waals surface area contributed by atoms with Crippen LogP contribution in [-0.2, 0) is 4.74 Å². The number of rotatable bonds is 7. The van der Waals surface area contributed by atoms with Gasteiger partial charge in [-0.1, -0.05) is 0 Å². The molecule has 0 heterocycles. The molecule has 0 bridgehead atoms. The molecule has 6 nitrogen and oxygen atoms in total. The van der Waals surface area contributed by atoms with Gasteiger partial charge in [0, 0.05) is 24.8 Å². The van der Waals surface area contributed by atoms with Crippen LogP contribution in [0.25, 0.3) is 0 Å². The fraction of sp³-hybridized carbons (Fsp3) is 0.562. The lowest BCUT2D eigenvalue weighted by atomic mass is 10.2. The molecule has 4 N–H and O–H groups in total. The summed E-state index contributed by atoms with van der Waals surface area (Å²) < 4.78 is 10.8. The highest BCUT2D eigenvalue weighted by Gasteiger charge is 2.16. The summed E-state index contributed by atoms with van der Waals surface area (Å²) in [6, 6.07) is 7.44. The van der Waals surface area contributed by atoms with Crippen LogP contribution in [0.2, 0.25) is 0 Å². The zero-order valence-corrected chi connectivity index (χ0v) is 13.8. The molecule has 0 radical (unpaired) electrons. The van der Waals surface area contributed by atoms with Gasteiger partial charge in [0.1, 0.15) is 18.0 Å². The largest absolute Gasteiger partial charge is 0.492 e. The third-order valence-electron chi connectivity index (χ3n) is 2.72. The molecule has 1 unspecified atom stereocenters. The summed E-state index contributed by atoms with van der Waals surface area (Å²) in [7, 11) is 0. The smallest absolute Gasteiger partial charge is 0.412 e. The van der Waals surface area contributed by atoms with Gasteiger partial charge in [-0.2, -0.15) is 0 Å². The Balaban J connectivity index is 2.35. The van der Waals surface area contributed by atoms with Gasteiger partial charge in [0.15, 0.2) is 0 Å². The Kier molecular flexibility index (Phi) is 7.14. The zero-order valence-electron chi connectivity index (χ0n) is 13.8. The van der Waals surface area contributed by atoms with E-state index in [0.29, 0.717) is 18.8 Å². The summed E-state index contributed by atoms with van der Waals surface area (Å²) in [6.45, 7) is 9.39. The first kappa shape index (κ1) is 18.3. The summed E-state index contributed by atoms with van der Waals surface area (Å²) in [5.74, 6) is 0.747. The second kappa shape index (κ2) is 8.60. The van der Waals surface area contributed by atoms with Crippen LogP contribution < -0.4 is 21.1 Å². The minimum absolute atomic E-state index is 0.281. The van der Waals surface area contributed by atoms with Crippen LogP contribution in [-0.4, -0.2) is 37.4 Å². The van der Waals surface area contributed by atoms with E-state index in [1.165, 1.54) is 0 Å². The number of nitrogens with one attached hydrogen (secondary N) is 2. The maximum absolute atomic E-state index is 11.6. The first-order valence-electron chi connectivity index (χ1n) is 7.46. The summed E-state index contributed by atoms with van der Waals surface area (Å²) in [5.41, 5.74) is 5.66. The lowest BCUT2D eigenvalue weighted by Crippen LogP contribution is -2.35. The molecule has 1 atom stereocenters. The number of anilines is 1. The molecule has 0 fully saturated rings. The van der Waals surface area contributed by atoms with E-state index in [9.17, 15) is 4.79 Å². The Morgan fingerprint density at radius 2 is 1.91 bits per heavy atom. The van der Waals surface area contributed by atoms with Gasteiger partial charge in [0.2, 0.25) is 0 Å². The quantitative estimate of drug-likeness (QED) is 0.673. The van der Waals surface area contributed by atoms with Crippen molar-refractivity contribution < 1.29 is 14.3 Å². The van der Waals surface area contributed by atoms with E-state index in [2.05, 4.69) is 10.6 Å². The van der Waals surface area contributed by atoms with Gasteiger partial charge in [-0.05, 0) is 52.0 Å². The molecule has 0 aromatic heterocycles. The Hall–Kier alpha value is -1.79. The van der Waals surface area contributed by atoms with Crippen LogP contribution in [0.15, 0.2) is 24.3 Å². The summed E-state index contributed by atoms with van der Waals surface area (Å²) >= 11 is 0. The second-order valence-corrected chi connectivity index (χ2v) is 6.09. The molecule has 6 heteroatoms. The first-order chi connectivity index (χ1) is 10.3. The number of carbonyl (C=O) groups is 1. The van der Waals surface area contributed by atoms with Crippen molar-refractivity contribution in [1.82, 2.24) is 5.32 Å². The zero-order chi connectivity index (χ0) is 16.6. The lowest BCUT2D eigenvalue weighted by Gasteiger charge is -2.19. The Labute approximate surface area is 132 Å². The SMILES string of the molecule is CC(CN)NCCOc1ccc(NC(=O)OC(C)(C)C)cc1. The van der Waals surface area contributed by atoms with Crippen molar-refractivity contribution in [3.05, 3.63) is 24.3 Å². The highest BCUT2D eigenvalue weighted by Crippen LogP contribution is 2.16. The second-order valence-electron chi connectivity index (χ2n) is 6.09. The number of ether oxygens (including phenoxy) is 2. The van der Waals surface area contributed by atoms with E-state index < -0.39 is 11.7 Å². The maximum atomic E-state index is 11.6. The van der Waals surface area contributed by atoms with E-state index in [1.54, 1.807) is 24.3 Å². The Bertz CT molecular complexity index is 455. The van der Waals surface area contributed by atoms with Crippen LogP contribution >= 0.6 is 0 Å². The van der Waals surface area contributed by atoms with Crippen LogP contribution in [0, 0.1) is 0 Å². The van der Waals surface area contributed by atoms with Gasteiger partial charge in [0.05, 0.1) is 0 Å². The minimum Gasteiger partial charge on any atom is -0.492 e. The van der Waals surface area contributed by atoms with Crippen LogP contribution in [0.4, 0.5) is 10.5 Å². The number of nitrogens with two attached hydrogens (primary N) is 1. The topological polar surface area (TPSA) is 85.6 Å². The highest BCUT2D eigenvalue weighted by molar-refractivity contribution is 5.84. The van der Waals surface area contributed by atoms with Crippen LogP contribution in [0.3, 0.4) is 0 Å². The molecule has 1 amide bonds. The number of hydrogen-bond donors (Lipinski definition) is 3. The van der Waals surface area contributed by atoms with Gasteiger partial charge in [-0.3, -0.25) is 5.32 Å². The summed E-state index contributed by atoms with van der Waals surface area (Å²) in [4.78, 5) is 11.6. The first-order valence-corrected chi connectivity index (χ1v) is 7.46. The lowest BCUT2D eigenvalue weighted by molar-refractivity contribution is 0.0636. The third kappa shape index (κ3) is 7.85. The Morgan fingerprint density at radius 1 is 1.27 bits per heavy atom. The van der Waals surface area contributed by atoms with E-state index >= 15 is 0 Å². The molecule has 0 aliphatic heterocycles. The summed E-state index contributed by atoms with van der Waals surface area (Å²) in [6.07, 6.45) is -0.471. The molecule has 0 aliphatic carbocycles. The average Bonchev–Trinajstić information content (AvgIpc) is 2.43. The fourth-order valence-electron chi connectivity index (χ4n) is 1.61. The number of hydrogen-bond acceptors (Lipinski definition) is 5. The monoisotopic (exact) mass is 309 g/mol. The van der Waals surface area contributed by atoms with Crippen LogP contribution in [0.1, 0.15) is 27.7 Å². The fourth-order valence-corrected chi connectivity index (χ4v) is 1.61. The molecule has 0 saturated carbocycles. The predicted molar refractivity (Wildman–Crippen MR) is 88.3 cm³/mol. The van der Waals surface area contributed by atoms with Crippen molar-refractivity contribution in [1.29, 1.82) is 0 Å². The van der Waals surface area contributed by atoms with E-state index in [-0.39, 0.29) is 6.04 Å². The average molecular weight is 309 g/mol. The molecule has 0 spiro atoms. The van der Waals surface area contributed by atoms with Crippen molar-refractivity contribution in [3.63, 3.8) is 0 Å². The molecule has 124 valence electrons. The minimum atomic E-state index is -0.513. The van der Waals surface area contributed by atoms with Crippen molar-refractivity contribution in [2.45, 2.75) is 39.3 Å². The molecule has 1 rings (SSSR count). The van der Waals surface area contributed by atoms with Crippen molar-refractivity contribution in [2.24, 2.45) is 5.73 Å². The van der Waals surface area contributed by atoms with Gasteiger partial charge in [-0.25, -0.2) is 4.79 Å². The van der Waals surface area contributed by atoms with Crippen molar-refractivity contribution in [3.8, 4) is 5.75 Å². The Morgan fingerprint density at radius 3 is 2.45 bits per heavy atom. The van der Waals surface area contributed by atoms with Gasteiger partial charge in [-0.15, -0.1) is 0 Å². The van der Waals surface area contributed by atoms with Crippen molar-refractivity contribution in [2.75, 3.05) is 25.0 Å². The number of benzene rings is 1. The van der Waals surface area contributed by atoms with E-state index in [1.807, 2.05) is 27.7 Å². The standard InChI is InChI=1S/C16H27N3O3/c1-12(11-17)18-9-10-21-14-7-5-13(6-8-14)19-15(20)22-16(2,3)4/h5-8,12,18H,9-11,17H2,1-4H3,(H,19,20). The van der Waals surface area contributed by atoms with E-state index in [4.69, 9.17) is 15.2 Å². The molecule has 22 heavy (non-hydrogen) atoms. The normalized spacial score (nSPS) is 12.6. The predicted octanol–water partition coefficient (Wildman–Crippen LogP) is 2.35. The molecular formula is C16H27N3O3. The van der Waals surface area contributed by atoms with Crippen molar-refractivity contribution >= 4 is 11.8 Å². The molecule has 1 aromatic rings. The number of amides is 1. The molecule has 0 saturated heterocycles. The van der Waals surface area contributed by atoms with Crippen LogP contribution in [0.5, 0.6) is 5.75 Å². The van der Waals surface area contributed by atoms with Gasteiger partial charge >= 0.3 is 6.09 Å².